The summed E-state index contributed by atoms with van der Waals surface area (Å²) < 4.78 is 7.11. The minimum absolute atomic E-state index is 0.138. The van der Waals surface area contributed by atoms with Crippen molar-refractivity contribution in [2.45, 2.75) is 12.8 Å². The highest BCUT2D eigenvalue weighted by Crippen LogP contribution is 2.21. The fraction of sp³-hybridized carbons (Fsp3) is 0.0870. The van der Waals surface area contributed by atoms with Crippen molar-refractivity contribution in [3.63, 3.8) is 0 Å². The van der Waals surface area contributed by atoms with Crippen LogP contribution in [-0.2, 0) is 11.2 Å². The summed E-state index contributed by atoms with van der Waals surface area (Å²) in [5.41, 5.74) is 3.26. The maximum absolute atomic E-state index is 12.3. The monoisotopic (exact) mass is 444 g/mol. The number of carbonyl (C=O) groups is 1. The number of halogens is 1. The van der Waals surface area contributed by atoms with Crippen molar-refractivity contribution in [1.29, 1.82) is 0 Å². The van der Waals surface area contributed by atoms with Crippen LogP contribution < -0.4 is 5.32 Å². The van der Waals surface area contributed by atoms with Crippen LogP contribution in [0.25, 0.3) is 28.4 Å². The number of nitrogens with zero attached hydrogens (tertiary/aromatic N) is 5. The fourth-order valence-electron chi connectivity index (χ4n) is 3.21. The zero-order chi connectivity index (χ0) is 21.9. The van der Waals surface area contributed by atoms with Crippen LogP contribution in [-0.4, -0.2) is 30.4 Å². The highest BCUT2D eigenvalue weighted by Gasteiger charge is 2.11. The van der Waals surface area contributed by atoms with E-state index in [0.29, 0.717) is 34.6 Å². The number of imidazole rings is 1. The molecule has 0 unspecified atom stereocenters. The van der Waals surface area contributed by atoms with Crippen LogP contribution in [0.3, 0.4) is 0 Å². The number of amides is 1. The van der Waals surface area contributed by atoms with Gasteiger partial charge in [0.25, 0.3) is 0 Å². The number of nitrogens with one attached hydrogen (secondary N) is 1. The van der Waals surface area contributed by atoms with E-state index in [2.05, 4.69) is 25.4 Å². The van der Waals surface area contributed by atoms with Gasteiger partial charge in [-0.15, -0.1) is 0 Å². The van der Waals surface area contributed by atoms with Crippen molar-refractivity contribution in [2.75, 3.05) is 5.32 Å². The van der Waals surface area contributed by atoms with Crippen LogP contribution in [0.2, 0.25) is 5.02 Å². The standard InChI is InChI=1S/C23H17ClN6O2/c24-17-6-2-16(3-7-17)22-28-21(32-29-22)11-10-20(31)26-18-8-4-15(5-9-18)19-14-30-13-1-12-25-23(30)27-19/h1-9,12-14H,10-11H2,(H,26,31). The summed E-state index contributed by atoms with van der Waals surface area (Å²) in [6, 6.07) is 16.5. The lowest BCUT2D eigenvalue weighted by atomic mass is 10.1. The molecule has 0 saturated heterocycles. The Kier molecular flexibility index (Phi) is 5.35. The number of carbonyl (C=O) groups excluding carboxylic acids is 1. The van der Waals surface area contributed by atoms with E-state index in [0.717, 1.165) is 16.8 Å². The Hall–Kier alpha value is -4.04. The molecule has 0 saturated carbocycles. The molecule has 1 N–H and O–H groups in total. The van der Waals surface area contributed by atoms with Crippen molar-refractivity contribution < 1.29 is 9.32 Å². The van der Waals surface area contributed by atoms with E-state index < -0.39 is 0 Å². The number of fused-ring (bicyclic) bond motifs is 1. The van der Waals surface area contributed by atoms with Crippen molar-refractivity contribution >= 4 is 29.0 Å². The lowest BCUT2D eigenvalue weighted by Crippen LogP contribution is -2.12. The number of anilines is 1. The fourth-order valence-corrected chi connectivity index (χ4v) is 3.34. The minimum Gasteiger partial charge on any atom is -0.339 e. The second-order valence-corrected chi connectivity index (χ2v) is 7.53. The number of benzene rings is 2. The van der Waals surface area contributed by atoms with Gasteiger partial charge >= 0.3 is 0 Å². The molecule has 9 heteroatoms. The third-order valence-corrected chi connectivity index (χ3v) is 5.09. The number of aromatic nitrogens is 5. The summed E-state index contributed by atoms with van der Waals surface area (Å²) in [6.45, 7) is 0. The highest BCUT2D eigenvalue weighted by atomic mass is 35.5. The molecule has 0 spiro atoms. The van der Waals surface area contributed by atoms with Gasteiger partial charge in [-0.05, 0) is 42.5 Å². The van der Waals surface area contributed by atoms with Gasteiger partial charge in [-0.2, -0.15) is 4.98 Å². The van der Waals surface area contributed by atoms with Crippen LogP contribution in [0, 0.1) is 0 Å². The Morgan fingerprint density at radius 3 is 2.59 bits per heavy atom. The van der Waals surface area contributed by atoms with E-state index in [-0.39, 0.29) is 12.3 Å². The van der Waals surface area contributed by atoms with Crippen LogP contribution in [0.1, 0.15) is 12.3 Å². The molecular weight excluding hydrogens is 428 g/mol. The first-order valence-electron chi connectivity index (χ1n) is 9.92. The quantitative estimate of drug-likeness (QED) is 0.408. The Labute approximate surface area is 187 Å². The summed E-state index contributed by atoms with van der Waals surface area (Å²) >= 11 is 5.90. The third-order valence-electron chi connectivity index (χ3n) is 4.84. The van der Waals surface area contributed by atoms with E-state index in [1.807, 2.05) is 59.3 Å². The second-order valence-electron chi connectivity index (χ2n) is 7.10. The second kappa shape index (κ2) is 8.60. The molecule has 2 aromatic carbocycles. The van der Waals surface area contributed by atoms with Gasteiger partial charge in [-0.25, -0.2) is 9.97 Å². The lowest BCUT2D eigenvalue weighted by molar-refractivity contribution is -0.116. The molecule has 0 fully saturated rings. The first-order valence-corrected chi connectivity index (χ1v) is 10.3. The van der Waals surface area contributed by atoms with E-state index >= 15 is 0 Å². The summed E-state index contributed by atoms with van der Waals surface area (Å²) in [5, 5.41) is 7.48. The molecule has 0 radical (unpaired) electrons. The van der Waals surface area contributed by atoms with Gasteiger partial charge in [0.2, 0.25) is 23.4 Å². The number of rotatable bonds is 6. The number of aryl methyl sites for hydroxylation is 1. The maximum atomic E-state index is 12.3. The molecule has 0 aliphatic carbocycles. The number of hydrogen-bond acceptors (Lipinski definition) is 6. The van der Waals surface area contributed by atoms with Crippen molar-refractivity contribution in [1.82, 2.24) is 24.5 Å². The smallest absolute Gasteiger partial charge is 0.234 e. The molecule has 0 aliphatic heterocycles. The number of hydrogen-bond donors (Lipinski definition) is 1. The predicted octanol–water partition coefficient (Wildman–Crippen LogP) is 4.67. The van der Waals surface area contributed by atoms with Crippen molar-refractivity contribution in [3.8, 4) is 22.6 Å². The molecule has 5 rings (SSSR count). The average Bonchev–Trinajstić information content (AvgIpc) is 3.46. The van der Waals surface area contributed by atoms with E-state index in [1.54, 1.807) is 18.3 Å². The molecule has 0 atom stereocenters. The summed E-state index contributed by atoms with van der Waals surface area (Å²) in [5.74, 6) is 1.37. The Bertz CT molecular complexity index is 1340. The van der Waals surface area contributed by atoms with Gasteiger partial charge in [-0.3, -0.25) is 9.20 Å². The van der Waals surface area contributed by atoms with Gasteiger partial charge in [0.1, 0.15) is 0 Å². The van der Waals surface area contributed by atoms with Crippen LogP contribution in [0.4, 0.5) is 5.69 Å². The molecule has 3 aromatic heterocycles. The highest BCUT2D eigenvalue weighted by molar-refractivity contribution is 6.30. The Morgan fingerprint density at radius 1 is 1.03 bits per heavy atom. The van der Waals surface area contributed by atoms with Gasteiger partial charge in [0, 0.05) is 53.3 Å². The van der Waals surface area contributed by atoms with Gasteiger partial charge in [0.15, 0.2) is 0 Å². The summed E-state index contributed by atoms with van der Waals surface area (Å²) in [4.78, 5) is 25.4. The summed E-state index contributed by atoms with van der Waals surface area (Å²) in [6.07, 6.45) is 6.09. The van der Waals surface area contributed by atoms with Crippen LogP contribution in [0.15, 0.2) is 77.7 Å². The van der Waals surface area contributed by atoms with Crippen LogP contribution >= 0.6 is 11.6 Å². The van der Waals surface area contributed by atoms with Crippen LogP contribution in [0.5, 0.6) is 0 Å². The molecule has 5 aromatic rings. The zero-order valence-electron chi connectivity index (χ0n) is 16.8. The maximum Gasteiger partial charge on any atom is 0.234 e. The SMILES string of the molecule is O=C(CCc1nc(-c2ccc(Cl)cc2)no1)Nc1ccc(-c2cn3cccnc3n2)cc1. The van der Waals surface area contributed by atoms with Gasteiger partial charge < -0.3 is 9.84 Å². The molecule has 3 heterocycles. The Morgan fingerprint density at radius 2 is 1.81 bits per heavy atom. The minimum atomic E-state index is -0.138. The average molecular weight is 445 g/mol. The Balaban J connectivity index is 1.18. The van der Waals surface area contributed by atoms with Crippen molar-refractivity contribution in [3.05, 3.63) is 84.1 Å². The van der Waals surface area contributed by atoms with Crippen molar-refractivity contribution in [2.24, 2.45) is 0 Å². The molecule has 0 aliphatic rings. The van der Waals surface area contributed by atoms with E-state index in [9.17, 15) is 4.79 Å². The zero-order valence-corrected chi connectivity index (χ0v) is 17.5. The first kappa shape index (κ1) is 19.9. The van der Waals surface area contributed by atoms with Gasteiger partial charge in [0.05, 0.1) is 5.69 Å². The topological polar surface area (TPSA) is 98.2 Å². The molecular formula is C23H17ClN6O2. The molecule has 0 bridgehead atoms. The molecule has 158 valence electrons. The largest absolute Gasteiger partial charge is 0.339 e. The van der Waals surface area contributed by atoms with Gasteiger partial charge in [-0.1, -0.05) is 28.9 Å². The predicted molar refractivity (Wildman–Crippen MR) is 120 cm³/mol. The van der Waals surface area contributed by atoms with E-state index in [4.69, 9.17) is 16.1 Å². The molecule has 8 nitrogen and oxygen atoms in total. The third kappa shape index (κ3) is 4.35. The van der Waals surface area contributed by atoms with E-state index in [1.165, 1.54) is 0 Å². The molecule has 32 heavy (non-hydrogen) atoms. The summed E-state index contributed by atoms with van der Waals surface area (Å²) in [7, 11) is 0. The lowest BCUT2D eigenvalue weighted by Gasteiger charge is -2.05. The normalized spacial score (nSPS) is 11.0. The first-order chi connectivity index (χ1) is 15.6. The molecule has 1 amide bonds.